The highest BCUT2D eigenvalue weighted by Crippen LogP contribution is 2.30. The minimum Gasteiger partial charge on any atom is -0.495 e. The number of carbonyl (C=O) groups is 1. The smallest absolute Gasteiger partial charge is 0.244 e. The monoisotopic (exact) mass is 411 g/mol. The Balaban J connectivity index is 0.00000182. The summed E-state index contributed by atoms with van der Waals surface area (Å²) in [5.74, 6) is 0.702. The first kappa shape index (κ1) is 23.1. The average molecular weight is 412 g/mol. The largest absolute Gasteiger partial charge is 0.495 e. The van der Waals surface area contributed by atoms with Crippen molar-refractivity contribution in [1.82, 2.24) is 5.32 Å². The Labute approximate surface area is 173 Å². The fourth-order valence-electron chi connectivity index (χ4n) is 3.24. The second-order valence-electron chi connectivity index (χ2n) is 6.65. The third kappa shape index (κ3) is 5.06. The molecule has 1 aliphatic rings. The van der Waals surface area contributed by atoms with Crippen LogP contribution in [-0.4, -0.2) is 32.1 Å². The lowest BCUT2D eigenvalue weighted by Gasteiger charge is -2.26. The SMILES string of the molecule is COc1ccccc1N1CCC(NC(=O)C(C)(N)c2ccccc2)C1.Cl.Cl. The van der Waals surface area contributed by atoms with Crippen molar-refractivity contribution in [2.24, 2.45) is 5.73 Å². The lowest BCUT2D eigenvalue weighted by Crippen LogP contribution is -2.52. The molecule has 0 aliphatic carbocycles. The van der Waals surface area contributed by atoms with Crippen LogP contribution in [0.25, 0.3) is 0 Å². The number of nitrogens with one attached hydrogen (secondary N) is 1. The van der Waals surface area contributed by atoms with Crippen molar-refractivity contribution < 1.29 is 9.53 Å². The second kappa shape index (κ2) is 9.83. The van der Waals surface area contributed by atoms with E-state index >= 15 is 0 Å². The van der Waals surface area contributed by atoms with E-state index in [1.54, 1.807) is 14.0 Å². The van der Waals surface area contributed by atoms with Crippen molar-refractivity contribution in [3.8, 4) is 5.75 Å². The minimum absolute atomic E-state index is 0. The van der Waals surface area contributed by atoms with Crippen LogP contribution in [0.3, 0.4) is 0 Å². The molecule has 2 unspecified atom stereocenters. The molecule has 0 bridgehead atoms. The molecule has 1 fully saturated rings. The zero-order valence-electron chi connectivity index (χ0n) is 15.6. The summed E-state index contributed by atoms with van der Waals surface area (Å²) in [5, 5.41) is 3.11. The summed E-state index contributed by atoms with van der Waals surface area (Å²) in [5.41, 5.74) is 7.13. The molecule has 0 spiro atoms. The zero-order chi connectivity index (χ0) is 17.9. The first-order chi connectivity index (χ1) is 12.0. The van der Waals surface area contributed by atoms with Gasteiger partial charge >= 0.3 is 0 Å². The maximum absolute atomic E-state index is 12.7. The van der Waals surface area contributed by atoms with Crippen LogP contribution in [0.4, 0.5) is 5.69 Å². The molecular formula is C20H27Cl2N3O2. The Kier molecular flexibility index (Phi) is 8.41. The molecule has 2 aromatic rings. The summed E-state index contributed by atoms with van der Waals surface area (Å²) < 4.78 is 5.44. The van der Waals surface area contributed by atoms with Crippen molar-refractivity contribution >= 4 is 36.4 Å². The molecule has 5 nitrogen and oxygen atoms in total. The molecule has 2 atom stereocenters. The van der Waals surface area contributed by atoms with Gasteiger partial charge in [-0.15, -0.1) is 24.8 Å². The highest BCUT2D eigenvalue weighted by Gasteiger charge is 2.34. The van der Waals surface area contributed by atoms with Crippen LogP contribution < -0.4 is 20.7 Å². The highest BCUT2D eigenvalue weighted by atomic mass is 35.5. The molecule has 0 radical (unpaired) electrons. The van der Waals surface area contributed by atoms with E-state index in [2.05, 4.69) is 10.2 Å². The van der Waals surface area contributed by atoms with Gasteiger partial charge in [0.15, 0.2) is 0 Å². The maximum Gasteiger partial charge on any atom is 0.244 e. The molecule has 2 aromatic carbocycles. The van der Waals surface area contributed by atoms with Gasteiger partial charge in [0.25, 0.3) is 0 Å². The molecule has 1 aliphatic heterocycles. The van der Waals surface area contributed by atoms with Crippen LogP contribution in [-0.2, 0) is 10.3 Å². The number of amides is 1. The number of ether oxygens (including phenoxy) is 1. The van der Waals surface area contributed by atoms with Crippen LogP contribution >= 0.6 is 24.8 Å². The number of halogens is 2. The first-order valence-corrected chi connectivity index (χ1v) is 8.55. The van der Waals surface area contributed by atoms with Crippen LogP contribution in [0.15, 0.2) is 54.6 Å². The number of hydrogen-bond donors (Lipinski definition) is 2. The molecule has 3 rings (SSSR count). The zero-order valence-corrected chi connectivity index (χ0v) is 17.2. The Hall–Kier alpha value is -1.95. The molecule has 1 heterocycles. The van der Waals surface area contributed by atoms with Crippen molar-refractivity contribution in [2.75, 3.05) is 25.1 Å². The molecule has 3 N–H and O–H groups in total. The third-order valence-electron chi connectivity index (χ3n) is 4.79. The number of benzene rings is 2. The summed E-state index contributed by atoms with van der Waals surface area (Å²) in [6.07, 6.45) is 0.884. The summed E-state index contributed by atoms with van der Waals surface area (Å²) in [4.78, 5) is 14.9. The summed E-state index contributed by atoms with van der Waals surface area (Å²) in [6, 6.07) is 17.5. The van der Waals surface area contributed by atoms with Crippen molar-refractivity contribution in [3.05, 3.63) is 60.2 Å². The standard InChI is InChI=1S/C20H25N3O2.2ClH/c1-20(21,15-8-4-3-5-9-15)19(24)22-16-12-13-23(14-16)17-10-6-7-11-18(17)25-2;;/h3-11,16H,12-14,21H2,1-2H3,(H,22,24);2*1H. The molecular weight excluding hydrogens is 385 g/mol. The second-order valence-corrected chi connectivity index (χ2v) is 6.65. The fourth-order valence-corrected chi connectivity index (χ4v) is 3.24. The van der Waals surface area contributed by atoms with Crippen LogP contribution in [0.5, 0.6) is 5.75 Å². The van der Waals surface area contributed by atoms with Crippen molar-refractivity contribution in [3.63, 3.8) is 0 Å². The maximum atomic E-state index is 12.7. The van der Waals surface area contributed by atoms with Crippen LogP contribution in [0.2, 0.25) is 0 Å². The molecule has 0 aromatic heterocycles. The molecule has 27 heavy (non-hydrogen) atoms. The first-order valence-electron chi connectivity index (χ1n) is 8.55. The van der Waals surface area contributed by atoms with Gasteiger partial charge in [0.2, 0.25) is 5.91 Å². The van der Waals surface area contributed by atoms with Crippen LogP contribution in [0.1, 0.15) is 18.9 Å². The predicted molar refractivity (Wildman–Crippen MR) is 114 cm³/mol. The number of rotatable bonds is 5. The van der Waals surface area contributed by atoms with Gasteiger partial charge in [0.1, 0.15) is 11.3 Å². The highest BCUT2D eigenvalue weighted by molar-refractivity contribution is 5.87. The summed E-state index contributed by atoms with van der Waals surface area (Å²) in [6.45, 7) is 3.37. The van der Waals surface area contributed by atoms with E-state index in [1.165, 1.54) is 0 Å². The van der Waals surface area contributed by atoms with Crippen molar-refractivity contribution in [2.45, 2.75) is 24.9 Å². The lowest BCUT2D eigenvalue weighted by atomic mass is 9.92. The van der Waals surface area contributed by atoms with Gasteiger partial charge in [-0.25, -0.2) is 0 Å². The fraction of sp³-hybridized carbons (Fsp3) is 0.350. The van der Waals surface area contributed by atoms with Gasteiger partial charge in [-0.2, -0.15) is 0 Å². The summed E-state index contributed by atoms with van der Waals surface area (Å²) >= 11 is 0. The van der Waals surface area contributed by atoms with E-state index in [4.69, 9.17) is 10.5 Å². The van der Waals surface area contributed by atoms with Crippen molar-refractivity contribution in [1.29, 1.82) is 0 Å². The van der Waals surface area contributed by atoms with Gasteiger partial charge < -0.3 is 20.7 Å². The van der Waals surface area contributed by atoms with E-state index in [9.17, 15) is 4.79 Å². The number of nitrogens with zero attached hydrogens (tertiary/aromatic N) is 1. The van der Waals surface area contributed by atoms with Gasteiger partial charge in [0.05, 0.1) is 12.8 Å². The Morgan fingerprint density at radius 1 is 1.15 bits per heavy atom. The minimum atomic E-state index is -1.04. The number of carbonyl (C=O) groups excluding carboxylic acids is 1. The lowest BCUT2D eigenvalue weighted by molar-refractivity contribution is -0.126. The van der Waals surface area contributed by atoms with Gasteiger partial charge in [-0.1, -0.05) is 42.5 Å². The third-order valence-corrected chi connectivity index (χ3v) is 4.79. The van der Waals surface area contributed by atoms with Crippen LogP contribution in [0, 0.1) is 0 Å². The summed E-state index contributed by atoms with van der Waals surface area (Å²) in [7, 11) is 1.67. The average Bonchev–Trinajstić information content (AvgIpc) is 3.10. The molecule has 1 saturated heterocycles. The van der Waals surface area contributed by atoms with Gasteiger partial charge in [-0.3, -0.25) is 4.79 Å². The van der Waals surface area contributed by atoms with E-state index in [0.29, 0.717) is 0 Å². The molecule has 7 heteroatoms. The van der Waals surface area contributed by atoms with E-state index in [1.807, 2.05) is 54.6 Å². The van der Waals surface area contributed by atoms with Gasteiger partial charge in [0, 0.05) is 19.1 Å². The Morgan fingerprint density at radius 3 is 2.44 bits per heavy atom. The number of nitrogens with two attached hydrogens (primary N) is 1. The normalized spacial score (nSPS) is 17.9. The predicted octanol–water partition coefficient (Wildman–Crippen LogP) is 3.11. The quantitative estimate of drug-likeness (QED) is 0.792. The molecule has 1 amide bonds. The topological polar surface area (TPSA) is 67.6 Å². The van der Waals surface area contributed by atoms with E-state index in [0.717, 1.165) is 36.5 Å². The Bertz CT molecular complexity index is 741. The molecule has 0 saturated carbocycles. The number of para-hydroxylation sites is 2. The van der Waals surface area contributed by atoms with E-state index < -0.39 is 5.54 Å². The Morgan fingerprint density at radius 2 is 1.78 bits per heavy atom. The number of methoxy groups -OCH3 is 1. The van der Waals surface area contributed by atoms with Gasteiger partial charge in [-0.05, 0) is 31.0 Å². The molecule has 148 valence electrons. The van der Waals surface area contributed by atoms with E-state index in [-0.39, 0.29) is 36.8 Å². The number of hydrogen-bond acceptors (Lipinski definition) is 4. The number of anilines is 1.